The highest BCUT2D eigenvalue weighted by Crippen LogP contribution is 2.32. The molecule has 0 saturated carbocycles. The van der Waals surface area contributed by atoms with E-state index >= 15 is 0 Å². The van der Waals surface area contributed by atoms with Crippen molar-refractivity contribution in [2.45, 2.75) is 0 Å². The van der Waals surface area contributed by atoms with Crippen LogP contribution < -0.4 is 4.74 Å². The third kappa shape index (κ3) is 2.18. The standard InChI is InChI=1S/C9H5Cl2NOS/c10-6-1-2-7(11)8(5-6)13-9-12-3-4-14-9/h1-5H. The lowest BCUT2D eigenvalue weighted by Gasteiger charge is -2.03. The molecule has 0 atom stereocenters. The van der Waals surface area contributed by atoms with Crippen LogP contribution in [0.3, 0.4) is 0 Å². The normalized spacial score (nSPS) is 10.1. The molecule has 0 aliphatic heterocycles. The minimum absolute atomic E-state index is 0.518. The Hall–Kier alpha value is -0.770. The minimum atomic E-state index is 0.518. The number of hydrogen-bond donors (Lipinski definition) is 0. The predicted octanol–water partition coefficient (Wildman–Crippen LogP) is 4.24. The Morgan fingerprint density at radius 3 is 2.86 bits per heavy atom. The first-order valence-corrected chi connectivity index (χ1v) is 5.41. The summed E-state index contributed by atoms with van der Waals surface area (Å²) < 4.78 is 5.42. The number of thiazole rings is 1. The van der Waals surface area contributed by atoms with Gasteiger partial charge in [0.25, 0.3) is 5.19 Å². The molecule has 5 heteroatoms. The molecule has 1 aromatic carbocycles. The molecular weight excluding hydrogens is 241 g/mol. The molecule has 0 unspecified atom stereocenters. The zero-order valence-electron chi connectivity index (χ0n) is 6.91. The molecule has 0 amide bonds. The second kappa shape index (κ2) is 4.17. The maximum Gasteiger partial charge on any atom is 0.278 e. The van der Waals surface area contributed by atoms with Crippen molar-refractivity contribution < 1.29 is 4.74 Å². The summed E-state index contributed by atoms with van der Waals surface area (Å²) in [6.07, 6.45) is 1.67. The predicted molar refractivity (Wildman–Crippen MR) is 58.7 cm³/mol. The van der Waals surface area contributed by atoms with Crippen LogP contribution in [-0.2, 0) is 0 Å². The molecule has 2 nitrogen and oxygen atoms in total. The quantitative estimate of drug-likeness (QED) is 0.790. The van der Waals surface area contributed by atoms with E-state index in [0.717, 1.165) is 0 Å². The van der Waals surface area contributed by atoms with Gasteiger partial charge in [-0.15, -0.1) is 0 Å². The number of ether oxygens (including phenoxy) is 1. The van der Waals surface area contributed by atoms with E-state index in [1.807, 2.05) is 5.38 Å². The van der Waals surface area contributed by atoms with Gasteiger partial charge in [-0.3, -0.25) is 0 Å². The zero-order chi connectivity index (χ0) is 9.97. The fourth-order valence-electron chi connectivity index (χ4n) is 0.910. The Balaban J connectivity index is 2.28. The minimum Gasteiger partial charge on any atom is -0.429 e. The molecule has 0 aliphatic carbocycles. The summed E-state index contributed by atoms with van der Waals surface area (Å²) in [5.41, 5.74) is 0. The summed E-state index contributed by atoms with van der Waals surface area (Å²) in [6, 6.07) is 5.05. The van der Waals surface area contributed by atoms with E-state index in [0.29, 0.717) is 21.0 Å². The smallest absolute Gasteiger partial charge is 0.278 e. The van der Waals surface area contributed by atoms with Gasteiger partial charge in [0.15, 0.2) is 0 Å². The Morgan fingerprint density at radius 1 is 1.29 bits per heavy atom. The second-order valence-corrected chi connectivity index (χ2v) is 4.18. The molecule has 0 radical (unpaired) electrons. The number of nitrogens with zero attached hydrogens (tertiary/aromatic N) is 1. The van der Waals surface area contributed by atoms with Crippen LogP contribution in [0.15, 0.2) is 29.8 Å². The van der Waals surface area contributed by atoms with E-state index in [1.54, 1.807) is 24.4 Å². The molecule has 0 N–H and O–H groups in total. The average Bonchev–Trinajstić information content (AvgIpc) is 2.64. The fraction of sp³-hybridized carbons (Fsp3) is 0. The SMILES string of the molecule is Clc1ccc(Cl)c(Oc2nccs2)c1. The second-order valence-electron chi connectivity index (χ2n) is 2.47. The van der Waals surface area contributed by atoms with Crippen molar-refractivity contribution in [2.24, 2.45) is 0 Å². The van der Waals surface area contributed by atoms with Crippen molar-refractivity contribution in [1.29, 1.82) is 0 Å². The van der Waals surface area contributed by atoms with E-state index in [2.05, 4.69) is 4.98 Å². The molecule has 0 bridgehead atoms. The van der Waals surface area contributed by atoms with Crippen LogP contribution in [0.5, 0.6) is 10.9 Å². The van der Waals surface area contributed by atoms with Crippen LogP contribution in [0.4, 0.5) is 0 Å². The highest BCUT2D eigenvalue weighted by atomic mass is 35.5. The highest BCUT2D eigenvalue weighted by molar-refractivity contribution is 7.11. The van der Waals surface area contributed by atoms with Gasteiger partial charge in [-0.25, -0.2) is 4.98 Å². The molecule has 1 heterocycles. The van der Waals surface area contributed by atoms with Gasteiger partial charge in [0.2, 0.25) is 0 Å². The molecule has 0 fully saturated rings. The van der Waals surface area contributed by atoms with Gasteiger partial charge in [0, 0.05) is 22.7 Å². The summed E-state index contributed by atoms with van der Waals surface area (Å²) in [6.45, 7) is 0. The molecule has 72 valence electrons. The van der Waals surface area contributed by atoms with Crippen molar-refractivity contribution in [3.05, 3.63) is 39.8 Å². The Bertz CT molecular complexity index is 430. The number of hydrogen-bond acceptors (Lipinski definition) is 3. The molecule has 1 aromatic heterocycles. The highest BCUT2D eigenvalue weighted by Gasteiger charge is 2.05. The summed E-state index contributed by atoms with van der Waals surface area (Å²) in [4.78, 5) is 3.98. The van der Waals surface area contributed by atoms with Gasteiger partial charge < -0.3 is 4.74 Å². The van der Waals surface area contributed by atoms with Gasteiger partial charge in [0.05, 0.1) is 5.02 Å². The van der Waals surface area contributed by atoms with Crippen molar-refractivity contribution in [3.8, 4) is 10.9 Å². The van der Waals surface area contributed by atoms with Crippen LogP contribution in [0, 0.1) is 0 Å². The van der Waals surface area contributed by atoms with Crippen molar-refractivity contribution in [3.63, 3.8) is 0 Å². The van der Waals surface area contributed by atoms with Crippen LogP contribution >= 0.6 is 34.5 Å². The van der Waals surface area contributed by atoms with Gasteiger partial charge in [-0.1, -0.05) is 34.5 Å². The molecular formula is C9H5Cl2NOS. The monoisotopic (exact) mass is 245 g/mol. The molecule has 0 saturated heterocycles. The van der Waals surface area contributed by atoms with E-state index < -0.39 is 0 Å². The summed E-state index contributed by atoms with van der Waals surface area (Å²) in [5.74, 6) is 0.522. The fourth-order valence-corrected chi connectivity index (χ4v) is 1.73. The van der Waals surface area contributed by atoms with Crippen molar-refractivity contribution in [2.75, 3.05) is 0 Å². The lowest BCUT2D eigenvalue weighted by molar-refractivity contribution is 0.479. The van der Waals surface area contributed by atoms with Crippen molar-refractivity contribution in [1.82, 2.24) is 4.98 Å². The number of aromatic nitrogens is 1. The average molecular weight is 246 g/mol. The van der Waals surface area contributed by atoms with Crippen molar-refractivity contribution >= 4 is 34.5 Å². The number of rotatable bonds is 2. The zero-order valence-corrected chi connectivity index (χ0v) is 9.23. The maximum atomic E-state index is 5.91. The largest absolute Gasteiger partial charge is 0.429 e. The van der Waals surface area contributed by atoms with Gasteiger partial charge in [-0.2, -0.15) is 0 Å². The first-order valence-electron chi connectivity index (χ1n) is 3.78. The maximum absolute atomic E-state index is 5.91. The van der Waals surface area contributed by atoms with Gasteiger partial charge in [-0.05, 0) is 12.1 Å². The molecule has 14 heavy (non-hydrogen) atoms. The van der Waals surface area contributed by atoms with E-state index in [-0.39, 0.29) is 0 Å². The van der Waals surface area contributed by atoms with Gasteiger partial charge in [0.1, 0.15) is 5.75 Å². The third-order valence-corrected chi connectivity index (χ3v) is 2.70. The summed E-state index contributed by atoms with van der Waals surface area (Å²) >= 11 is 13.1. The lowest BCUT2D eigenvalue weighted by Crippen LogP contribution is -1.83. The Morgan fingerprint density at radius 2 is 2.14 bits per heavy atom. The van der Waals surface area contributed by atoms with Crippen LogP contribution in [0.1, 0.15) is 0 Å². The van der Waals surface area contributed by atoms with E-state index in [1.165, 1.54) is 11.3 Å². The van der Waals surface area contributed by atoms with Crippen LogP contribution in [-0.4, -0.2) is 4.98 Å². The first kappa shape index (κ1) is 9.77. The molecule has 0 spiro atoms. The van der Waals surface area contributed by atoms with Crippen LogP contribution in [0.25, 0.3) is 0 Å². The third-order valence-electron chi connectivity index (χ3n) is 1.50. The molecule has 2 rings (SSSR count). The molecule has 0 aliphatic rings. The van der Waals surface area contributed by atoms with E-state index in [9.17, 15) is 0 Å². The molecule has 2 aromatic rings. The summed E-state index contributed by atoms with van der Waals surface area (Å²) in [7, 11) is 0. The lowest BCUT2D eigenvalue weighted by atomic mass is 10.3. The Labute approximate surface area is 95.1 Å². The Kier molecular flexibility index (Phi) is 2.91. The van der Waals surface area contributed by atoms with Gasteiger partial charge >= 0.3 is 0 Å². The number of benzene rings is 1. The number of halogens is 2. The van der Waals surface area contributed by atoms with Crippen LogP contribution in [0.2, 0.25) is 10.0 Å². The topological polar surface area (TPSA) is 22.1 Å². The summed E-state index contributed by atoms with van der Waals surface area (Å²) in [5, 5.41) is 3.48. The first-order chi connectivity index (χ1) is 6.75. The van der Waals surface area contributed by atoms with E-state index in [4.69, 9.17) is 27.9 Å².